The molecular formula is C19H33N3OS. The van der Waals surface area contributed by atoms with E-state index in [1.807, 2.05) is 0 Å². The number of hydrogen-bond acceptors (Lipinski definition) is 2. The van der Waals surface area contributed by atoms with E-state index in [4.69, 9.17) is 12.2 Å². The molecule has 0 spiro atoms. The Morgan fingerprint density at radius 2 is 1.25 bits per heavy atom. The molecule has 5 heteroatoms. The van der Waals surface area contributed by atoms with Gasteiger partial charge in [0.15, 0.2) is 5.11 Å². The smallest absolute Gasteiger partial charge is 0.225 e. The zero-order valence-electron chi connectivity index (χ0n) is 14.9. The molecule has 0 atom stereocenters. The van der Waals surface area contributed by atoms with Gasteiger partial charge in [-0.2, -0.15) is 0 Å². The number of nitrogens with zero attached hydrogens (tertiary/aromatic N) is 1. The Labute approximate surface area is 152 Å². The van der Waals surface area contributed by atoms with Gasteiger partial charge < -0.3 is 15.5 Å². The van der Waals surface area contributed by atoms with Crippen LogP contribution in [0.1, 0.15) is 77.0 Å². The molecule has 0 aromatic rings. The first-order valence-corrected chi connectivity index (χ1v) is 10.5. The molecule has 2 saturated carbocycles. The first kappa shape index (κ1) is 18.0. The Morgan fingerprint density at radius 3 is 1.83 bits per heavy atom. The Bertz CT molecular complexity index is 422. The molecule has 0 radical (unpaired) electrons. The molecule has 0 aromatic carbocycles. The summed E-state index contributed by atoms with van der Waals surface area (Å²) < 4.78 is 0. The second-order valence-corrected chi connectivity index (χ2v) is 8.30. The molecule has 3 fully saturated rings. The topological polar surface area (TPSA) is 44.4 Å². The second kappa shape index (κ2) is 9.02. The van der Waals surface area contributed by atoms with Crippen molar-refractivity contribution >= 4 is 23.2 Å². The van der Waals surface area contributed by atoms with E-state index in [9.17, 15) is 4.79 Å². The number of rotatable bonds is 3. The molecule has 136 valence electrons. The van der Waals surface area contributed by atoms with Crippen LogP contribution in [-0.2, 0) is 4.79 Å². The Balaban J connectivity index is 1.36. The number of likely N-dealkylation sites (tertiary alicyclic amines) is 1. The highest BCUT2D eigenvalue weighted by molar-refractivity contribution is 7.80. The van der Waals surface area contributed by atoms with Gasteiger partial charge in [-0.15, -0.1) is 0 Å². The van der Waals surface area contributed by atoms with Crippen molar-refractivity contribution in [3.8, 4) is 0 Å². The Morgan fingerprint density at radius 1 is 0.750 bits per heavy atom. The lowest BCUT2D eigenvalue weighted by Crippen LogP contribution is -2.51. The van der Waals surface area contributed by atoms with E-state index in [0.717, 1.165) is 43.9 Å². The van der Waals surface area contributed by atoms with Crippen LogP contribution in [0.5, 0.6) is 0 Å². The van der Waals surface area contributed by atoms with E-state index in [1.165, 1.54) is 51.4 Å². The van der Waals surface area contributed by atoms with Crippen molar-refractivity contribution in [1.82, 2.24) is 15.5 Å². The van der Waals surface area contributed by atoms with Crippen molar-refractivity contribution < 1.29 is 4.79 Å². The zero-order valence-corrected chi connectivity index (χ0v) is 15.7. The third-order valence-electron chi connectivity index (χ3n) is 6.04. The van der Waals surface area contributed by atoms with Crippen LogP contribution < -0.4 is 10.6 Å². The van der Waals surface area contributed by atoms with E-state index in [0.29, 0.717) is 23.9 Å². The number of piperidine rings is 1. The van der Waals surface area contributed by atoms with Crippen molar-refractivity contribution in [3.63, 3.8) is 0 Å². The van der Waals surface area contributed by atoms with Gasteiger partial charge in [0.05, 0.1) is 0 Å². The van der Waals surface area contributed by atoms with Gasteiger partial charge in [-0.25, -0.2) is 0 Å². The van der Waals surface area contributed by atoms with Crippen LogP contribution in [0, 0.1) is 5.92 Å². The van der Waals surface area contributed by atoms with Crippen LogP contribution in [0.15, 0.2) is 0 Å². The number of carbonyl (C=O) groups excluding carboxylic acids is 1. The highest BCUT2D eigenvalue weighted by Gasteiger charge is 2.29. The van der Waals surface area contributed by atoms with Crippen LogP contribution in [-0.4, -0.2) is 41.1 Å². The molecule has 24 heavy (non-hydrogen) atoms. The molecule has 1 amide bonds. The Kier molecular flexibility index (Phi) is 6.75. The maximum absolute atomic E-state index is 12.6. The first-order chi connectivity index (χ1) is 11.7. The minimum atomic E-state index is 0.303. The van der Waals surface area contributed by atoms with Gasteiger partial charge in [0, 0.05) is 31.1 Å². The number of nitrogens with one attached hydrogen (secondary N) is 2. The maximum atomic E-state index is 12.6. The monoisotopic (exact) mass is 351 g/mol. The van der Waals surface area contributed by atoms with Crippen LogP contribution >= 0.6 is 12.2 Å². The summed E-state index contributed by atoms with van der Waals surface area (Å²) in [6.07, 6.45) is 14.5. The number of carbonyl (C=O) groups is 1. The fourth-order valence-electron chi connectivity index (χ4n) is 4.51. The van der Waals surface area contributed by atoms with E-state index in [2.05, 4.69) is 15.5 Å². The largest absolute Gasteiger partial charge is 0.360 e. The predicted molar refractivity (Wildman–Crippen MR) is 102 cm³/mol. The summed E-state index contributed by atoms with van der Waals surface area (Å²) in [6.45, 7) is 1.78. The van der Waals surface area contributed by atoms with Crippen molar-refractivity contribution in [1.29, 1.82) is 0 Å². The summed E-state index contributed by atoms with van der Waals surface area (Å²) in [5, 5.41) is 7.80. The average Bonchev–Trinajstić information content (AvgIpc) is 2.63. The third kappa shape index (κ3) is 5.08. The fraction of sp³-hybridized carbons (Fsp3) is 0.895. The van der Waals surface area contributed by atoms with Gasteiger partial charge in [0.1, 0.15) is 0 Å². The molecule has 1 aliphatic heterocycles. The normalized spacial score (nSPS) is 24.6. The van der Waals surface area contributed by atoms with Gasteiger partial charge in [-0.1, -0.05) is 38.5 Å². The summed E-state index contributed by atoms with van der Waals surface area (Å²) in [5.41, 5.74) is 0. The molecular weight excluding hydrogens is 318 g/mol. The van der Waals surface area contributed by atoms with E-state index >= 15 is 0 Å². The second-order valence-electron chi connectivity index (χ2n) is 7.89. The molecule has 3 aliphatic rings. The highest BCUT2D eigenvalue weighted by Crippen LogP contribution is 2.26. The zero-order chi connectivity index (χ0) is 16.8. The minimum absolute atomic E-state index is 0.303. The highest BCUT2D eigenvalue weighted by atomic mass is 32.1. The lowest BCUT2D eigenvalue weighted by Gasteiger charge is -2.36. The van der Waals surface area contributed by atoms with Crippen molar-refractivity contribution in [2.45, 2.75) is 89.1 Å². The van der Waals surface area contributed by atoms with Crippen molar-refractivity contribution in [3.05, 3.63) is 0 Å². The van der Waals surface area contributed by atoms with E-state index in [1.54, 1.807) is 0 Å². The summed E-state index contributed by atoms with van der Waals surface area (Å²) in [6, 6.07) is 0.982. The quantitative estimate of drug-likeness (QED) is 0.765. The molecule has 2 aliphatic carbocycles. The molecule has 4 nitrogen and oxygen atoms in total. The Hall–Kier alpha value is -0.840. The molecule has 1 heterocycles. The van der Waals surface area contributed by atoms with E-state index in [-0.39, 0.29) is 0 Å². The average molecular weight is 352 g/mol. The van der Waals surface area contributed by atoms with Crippen LogP contribution in [0.2, 0.25) is 0 Å². The third-order valence-corrected chi connectivity index (χ3v) is 6.27. The van der Waals surface area contributed by atoms with Gasteiger partial charge in [0.25, 0.3) is 0 Å². The fourth-order valence-corrected chi connectivity index (χ4v) is 4.84. The maximum Gasteiger partial charge on any atom is 0.225 e. The molecule has 0 bridgehead atoms. The van der Waals surface area contributed by atoms with Gasteiger partial charge in [0.2, 0.25) is 5.91 Å². The van der Waals surface area contributed by atoms with Crippen LogP contribution in [0.25, 0.3) is 0 Å². The number of amides is 1. The predicted octanol–water partition coefficient (Wildman–Crippen LogP) is 3.35. The van der Waals surface area contributed by atoms with Crippen LogP contribution in [0.3, 0.4) is 0 Å². The summed E-state index contributed by atoms with van der Waals surface area (Å²) in [7, 11) is 0. The van der Waals surface area contributed by atoms with Crippen molar-refractivity contribution in [2.24, 2.45) is 5.92 Å². The lowest BCUT2D eigenvalue weighted by atomic mass is 9.87. The number of hydrogen-bond donors (Lipinski definition) is 2. The minimum Gasteiger partial charge on any atom is -0.360 e. The van der Waals surface area contributed by atoms with Gasteiger partial charge >= 0.3 is 0 Å². The van der Waals surface area contributed by atoms with Gasteiger partial charge in [-0.05, 0) is 50.7 Å². The first-order valence-electron chi connectivity index (χ1n) is 10.1. The summed E-state index contributed by atoms with van der Waals surface area (Å²) >= 11 is 5.50. The molecule has 3 rings (SSSR count). The summed E-state index contributed by atoms with van der Waals surface area (Å²) in [4.78, 5) is 14.7. The van der Waals surface area contributed by atoms with E-state index < -0.39 is 0 Å². The number of thiocarbonyl (C=S) groups is 1. The molecule has 0 aromatic heterocycles. The van der Waals surface area contributed by atoms with Gasteiger partial charge in [-0.3, -0.25) is 4.79 Å². The molecule has 1 saturated heterocycles. The lowest BCUT2D eigenvalue weighted by molar-refractivity contribution is -0.137. The van der Waals surface area contributed by atoms with Crippen LogP contribution in [0.4, 0.5) is 0 Å². The molecule has 0 unspecified atom stereocenters. The standard InChI is InChI=1S/C19H33N3OS/c23-18(15-7-3-1-4-8-15)22-13-11-17(12-14-22)21-19(24)20-16-9-5-2-6-10-16/h15-17H,1-14H2,(H2,20,21,24). The molecule has 2 N–H and O–H groups in total. The van der Waals surface area contributed by atoms with Crippen molar-refractivity contribution in [2.75, 3.05) is 13.1 Å². The SMILES string of the molecule is O=C(C1CCCCC1)N1CCC(NC(=S)NC2CCCCC2)CC1. The summed E-state index contributed by atoms with van der Waals surface area (Å²) in [5.74, 6) is 0.716.